The summed E-state index contributed by atoms with van der Waals surface area (Å²) in [6, 6.07) is 9.48. The van der Waals surface area contributed by atoms with Crippen LogP contribution >= 0.6 is 12.2 Å². The first-order valence-electron chi connectivity index (χ1n) is 9.41. The minimum Gasteiger partial charge on any atom is -0.303 e. The van der Waals surface area contributed by atoms with Crippen LogP contribution in [-0.2, 0) is 11.0 Å². The van der Waals surface area contributed by atoms with E-state index >= 15 is 0 Å². The van der Waals surface area contributed by atoms with Crippen molar-refractivity contribution in [2.45, 2.75) is 31.0 Å². The number of alkyl halides is 3. The highest BCUT2D eigenvalue weighted by atomic mass is 32.1. The third-order valence-electron chi connectivity index (χ3n) is 5.54. The number of nitriles is 1. The summed E-state index contributed by atoms with van der Waals surface area (Å²) < 4.78 is 40.3. The maximum atomic E-state index is 13.4. The second kappa shape index (κ2) is 7.42. The lowest BCUT2D eigenvalue weighted by atomic mass is 9.75. The molecule has 0 atom stereocenters. The van der Waals surface area contributed by atoms with E-state index in [-0.39, 0.29) is 10.8 Å². The first-order valence-corrected chi connectivity index (χ1v) is 9.82. The summed E-state index contributed by atoms with van der Waals surface area (Å²) in [6.07, 6.45) is -0.188. The molecule has 4 rings (SSSR count). The molecule has 2 aliphatic rings. The third-order valence-corrected chi connectivity index (χ3v) is 5.91. The van der Waals surface area contributed by atoms with Gasteiger partial charge in [0.2, 0.25) is 0 Å². The van der Waals surface area contributed by atoms with E-state index in [9.17, 15) is 18.0 Å². The number of anilines is 2. The molecule has 6 nitrogen and oxygen atoms in total. The second-order valence-corrected chi connectivity index (χ2v) is 7.69. The van der Waals surface area contributed by atoms with Crippen LogP contribution in [0.2, 0.25) is 0 Å². The van der Waals surface area contributed by atoms with Crippen LogP contribution in [-0.4, -0.2) is 34.8 Å². The first kappa shape index (κ1) is 20.9. The van der Waals surface area contributed by atoms with E-state index in [1.807, 2.05) is 12.1 Å². The fraction of sp³-hybridized carbons (Fsp3) is 0.286. The summed E-state index contributed by atoms with van der Waals surface area (Å²) in [7, 11) is 1.64. The van der Waals surface area contributed by atoms with Crippen molar-refractivity contribution in [3.63, 3.8) is 0 Å². The van der Waals surface area contributed by atoms with Gasteiger partial charge in [0.1, 0.15) is 11.6 Å². The third kappa shape index (κ3) is 3.25. The van der Waals surface area contributed by atoms with Crippen molar-refractivity contribution in [2.75, 3.05) is 16.8 Å². The van der Waals surface area contributed by atoms with Gasteiger partial charge in [0.25, 0.3) is 5.91 Å². The van der Waals surface area contributed by atoms with Crippen molar-refractivity contribution >= 4 is 40.8 Å². The molecule has 1 saturated heterocycles. The normalized spacial score (nSPS) is 18.0. The van der Waals surface area contributed by atoms with Crippen molar-refractivity contribution in [3.05, 3.63) is 53.3 Å². The predicted molar refractivity (Wildman–Crippen MR) is 113 cm³/mol. The highest BCUT2D eigenvalue weighted by Gasteiger charge is 2.59. The molecule has 0 bridgehead atoms. The van der Waals surface area contributed by atoms with Gasteiger partial charge in [-0.25, -0.2) is 4.98 Å². The van der Waals surface area contributed by atoms with Gasteiger partial charge in [-0.3, -0.25) is 14.7 Å². The van der Waals surface area contributed by atoms with Crippen LogP contribution in [0.4, 0.5) is 24.5 Å². The molecule has 1 aliphatic carbocycles. The fourth-order valence-electron chi connectivity index (χ4n) is 3.98. The quantitative estimate of drug-likeness (QED) is 0.528. The largest absolute Gasteiger partial charge is 0.419 e. The fourth-order valence-corrected chi connectivity index (χ4v) is 4.45. The van der Waals surface area contributed by atoms with Crippen molar-refractivity contribution in [1.29, 1.82) is 5.26 Å². The Bertz CT molecular complexity index is 1150. The number of amides is 1. The van der Waals surface area contributed by atoms with Crippen LogP contribution in [0, 0.1) is 11.3 Å². The number of hydrogen-bond donors (Lipinski definition) is 0. The Balaban J connectivity index is 1.82. The van der Waals surface area contributed by atoms with Crippen molar-refractivity contribution < 1.29 is 18.0 Å². The molecule has 1 aliphatic heterocycles. The van der Waals surface area contributed by atoms with Crippen molar-refractivity contribution in [2.24, 2.45) is 4.99 Å². The summed E-state index contributed by atoms with van der Waals surface area (Å²) in [6.45, 7) is 0. The van der Waals surface area contributed by atoms with Gasteiger partial charge in [-0.15, -0.1) is 0 Å². The number of hydrogen-bond acceptors (Lipinski definition) is 5. The number of rotatable bonds is 3. The molecule has 0 radical (unpaired) electrons. The molecular weight excluding hydrogens is 427 g/mol. The number of aromatic nitrogens is 1. The van der Waals surface area contributed by atoms with E-state index in [4.69, 9.17) is 17.5 Å². The lowest BCUT2D eigenvalue weighted by Crippen LogP contribution is -2.55. The van der Waals surface area contributed by atoms with Crippen molar-refractivity contribution in [1.82, 2.24) is 4.98 Å². The van der Waals surface area contributed by atoms with Gasteiger partial charge in [0, 0.05) is 18.9 Å². The number of nitrogens with zero attached hydrogens (tertiary/aromatic N) is 5. The molecule has 1 aromatic carbocycles. The van der Waals surface area contributed by atoms with Gasteiger partial charge in [-0.05, 0) is 55.2 Å². The van der Waals surface area contributed by atoms with Gasteiger partial charge in [0.15, 0.2) is 10.8 Å². The lowest BCUT2D eigenvalue weighted by molar-refractivity contribution is -0.138. The van der Waals surface area contributed by atoms with E-state index in [1.165, 1.54) is 6.07 Å². The van der Waals surface area contributed by atoms with Crippen LogP contribution in [0.25, 0.3) is 0 Å². The van der Waals surface area contributed by atoms with E-state index < -0.39 is 28.9 Å². The summed E-state index contributed by atoms with van der Waals surface area (Å²) in [4.78, 5) is 23.9. The van der Waals surface area contributed by atoms with Crippen LogP contribution < -0.4 is 9.80 Å². The summed E-state index contributed by atoms with van der Waals surface area (Å²) in [5, 5.41) is 9.07. The van der Waals surface area contributed by atoms with Gasteiger partial charge < -0.3 is 4.90 Å². The molecule has 0 unspecified atom stereocenters. The Morgan fingerprint density at radius 3 is 2.61 bits per heavy atom. The predicted octanol–water partition coefficient (Wildman–Crippen LogP) is 4.08. The van der Waals surface area contributed by atoms with E-state index in [1.54, 1.807) is 30.3 Å². The maximum absolute atomic E-state index is 13.4. The van der Waals surface area contributed by atoms with Crippen LogP contribution in [0.5, 0.6) is 0 Å². The van der Waals surface area contributed by atoms with Gasteiger partial charge in [-0.1, -0.05) is 12.1 Å². The number of aliphatic imine (C=N–C) groups is 1. The number of thiocarbonyl (C=S) groups is 1. The van der Waals surface area contributed by atoms with E-state index in [0.29, 0.717) is 18.5 Å². The van der Waals surface area contributed by atoms with Crippen molar-refractivity contribution in [3.8, 4) is 6.07 Å². The smallest absolute Gasteiger partial charge is 0.303 e. The van der Waals surface area contributed by atoms with Crippen LogP contribution in [0.15, 0.2) is 41.5 Å². The Labute approximate surface area is 181 Å². The minimum atomic E-state index is -4.79. The Hall–Kier alpha value is -3.32. The number of carbonyl (C=O) groups excluding carboxylic acids is 1. The summed E-state index contributed by atoms with van der Waals surface area (Å²) >= 11 is 5.58. The molecule has 1 aromatic heterocycles. The monoisotopic (exact) mass is 443 g/mol. The first-order chi connectivity index (χ1) is 14.7. The molecule has 2 aromatic rings. The number of halogens is 3. The van der Waals surface area contributed by atoms with Crippen LogP contribution in [0.1, 0.15) is 36.1 Å². The molecule has 158 valence electrons. The SMILES string of the molecule is CN=Cc1cccc(N2C(=S)N(c3cnc(C#N)c(C(F)(F)F)c3)C(=O)C23CCC3)c1. The Morgan fingerprint density at radius 1 is 1.29 bits per heavy atom. The number of pyridine rings is 1. The molecule has 31 heavy (non-hydrogen) atoms. The summed E-state index contributed by atoms with van der Waals surface area (Å²) in [5.41, 5.74) is -1.54. The molecule has 1 saturated carbocycles. The van der Waals surface area contributed by atoms with E-state index in [2.05, 4.69) is 9.98 Å². The average molecular weight is 443 g/mol. The Kier molecular flexibility index (Phi) is 5.01. The molecule has 1 amide bonds. The van der Waals surface area contributed by atoms with E-state index in [0.717, 1.165) is 29.1 Å². The highest BCUT2D eigenvalue weighted by Crippen LogP contribution is 2.48. The summed E-state index contributed by atoms with van der Waals surface area (Å²) in [5.74, 6) is -0.391. The maximum Gasteiger partial charge on any atom is 0.419 e. The second-order valence-electron chi connectivity index (χ2n) is 7.33. The van der Waals surface area contributed by atoms with Gasteiger partial charge >= 0.3 is 6.18 Å². The molecule has 0 N–H and O–H groups in total. The van der Waals surface area contributed by atoms with Gasteiger partial charge in [-0.2, -0.15) is 18.4 Å². The average Bonchev–Trinajstić information content (AvgIpc) is 2.94. The van der Waals surface area contributed by atoms with Gasteiger partial charge in [0.05, 0.1) is 17.4 Å². The minimum absolute atomic E-state index is 0.0786. The standard InChI is InChI=1S/C21H16F3N5OS/c1-26-11-13-4-2-5-14(8-13)29-19(31)28(18(30)20(29)6-3-7-20)15-9-16(21(22,23)24)17(10-25)27-12-15/h2,4-5,8-9,11-12H,3,6-7H2,1H3. The molecule has 2 heterocycles. The topological polar surface area (TPSA) is 72.6 Å². The Morgan fingerprint density at radius 2 is 2.03 bits per heavy atom. The molecule has 1 spiro atoms. The number of carbonyl (C=O) groups is 1. The van der Waals surface area contributed by atoms with Crippen LogP contribution in [0.3, 0.4) is 0 Å². The molecule has 2 fully saturated rings. The lowest BCUT2D eigenvalue weighted by Gasteiger charge is -2.43. The zero-order valence-electron chi connectivity index (χ0n) is 16.3. The zero-order chi connectivity index (χ0) is 22.4. The zero-order valence-corrected chi connectivity index (χ0v) is 17.2. The highest BCUT2D eigenvalue weighted by molar-refractivity contribution is 7.81. The molecular formula is C21H16F3N5OS. The molecule has 10 heteroatoms. The number of benzene rings is 1.